The summed E-state index contributed by atoms with van der Waals surface area (Å²) in [5.41, 5.74) is 3.50. The van der Waals surface area contributed by atoms with Gasteiger partial charge in [0.2, 0.25) is 5.88 Å². The summed E-state index contributed by atoms with van der Waals surface area (Å²) >= 11 is 0.890. The maximum absolute atomic E-state index is 12.3. The van der Waals surface area contributed by atoms with E-state index in [9.17, 15) is 8.42 Å². The average molecular weight is 312 g/mol. The van der Waals surface area contributed by atoms with Gasteiger partial charge in [-0.1, -0.05) is 17.7 Å². The van der Waals surface area contributed by atoms with E-state index >= 15 is 0 Å². The van der Waals surface area contributed by atoms with Crippen LogP contribution in [0.1, 0.15) is 16.7 Å². The second-order valence-corrected chi connectivity index (χ2v) is 7.28. The van der Waals surface area contributed by atoms with Gasteiger partial charge in [0.25, 0.3) is 10.0 Å². The van der Waals surface area contributed by atoms with Crippen LogP contribution in [0.25, 0.3) is 0 Å². The van der Waals surface area contributed by atoms with Crippen LogP contribution in [-0.2, 0) is 10.0 Å². The summed E-state index contributed by atoms with van der Waals surface area (Å²) in [6.45, 7) is 5.74. The van der Waals surface area contributed by atoms with Crippen molar-refractivity contribution in [1.82, 2.24) is 4.37 Å². The van der Waals surface area contributed by atoms with E-state index in [0.29, 0.717) is 11.6 Å². The minimum Gasteiger partial charge on any atom is -0.480 e. The highest BCUT2D eigenvalue weighted by Gasteiger charge is 2.20. The van der Waals surface area contributed by atoms with E-state index in [1.807, 2.05) is 32.9 Å². The SMILES string of the molecule is COc1cc(S(=O)(=O)Nc2c(C)cc(C)cc2C)sn1. The fourth-order valence-corrected chi connectivity index (χ4v) is 4.03. The molecule has 0 atom stereocenters. The van der Waals surface area contributed by atoms with Gasteiger partial charge >= 0.3 is 0 Å². The van der Waals surface area contributed by atoms with E-state index in [4.69, 9.17) is 4.74 Å². The van der Waals surface area contributed by atoms with Crippen LogP contribution in [0.3, 0.4) is 0 Å². The first-order chi connectivity index (χ1) is 9.33. The maximum atomic E-state index is 12.3. The topological polar surface area (TPSA) is 68.3 Å². The molecule has 0 aliphatic rings. The Hall–Kier alpha value is -1.60. The number of anilines is 1. The molecule has 0 amide bonds. The first-order valence-electron chi connectivity index (χ1n) is 5.95. The standard InChI is InChI=1S/C13H16N2O3S2/c1-8-5-9(2)13(10(3)6-8)15-20(16,17)12-7-11(18-4)14-19-12/h5-7,15H,1-4H3. The molecule has 0 spiro atoms. The number of aryl methyl sites for hydroxylation is 3. The Kier molecular flexibility index (Phi) is 4.01. The van der Waals surface area contributed by atoms with Crippen molar-refractivity contribution >= 4 is 27.2 Å². The van der Waals surface area contributed by atoms with Gasteiger partial charge in [-0.25, -0.2) is 8.42 Å². The number of methoxy groups -OCH3 is 1. The van der Waals surface area contributed by atoms with Gasteiger partial charge in [-0.3, -0.25) is 4.72 Å². The highest BCUT2D eigenvalue weighted by molar-refractivity contribution is 7.94. The lowest BCUT2D eigenvalue weighted by Crippen LogP contribution is -2.13. The molecule has 108 valence electrons. The molecular formula is C13H16N2O3S2. The molecule has 0 aliphatic heterocycles. The Morgan fingerprint density at radius 2 is 1.75 bits per heavy atom. The summed E-state index contributed by atoms with van der Waals surface area (Å²) in [7, 11) is -2.18. The number of ether oxygens (including phenoxy) is 1. The zero-order chi connectivity index (χ0) is 14.9. The highest BCUT2D eigenvalue weighted by atomic mass is 32.2. The van der Waals surface area contributed by atoms with E-state index in [0.717, 1.165) is 28.2 Å². The van der Waals surface area contributed by atoms with Crippen LogP contribution in [0.15, 0.2) is 22.4 Å². The molecule has 1 heterocycles. The maximum Gasteiger partial charge on any atom is 0.273 e. The van der Waals surface area contributed by atoms with Crippen molar-refractivity contribution in [2.45, 2.75) is 25.0 Å². The van der Waals surface area contributed by atoms with E-state index in [2.05, 4.69) is 9.10 Å². The van der Waals surface area contributed by atoms with E-state index in [1.165, 1.54) is 13.2 Å². The van der Waals surface area contributed by atoms with E-state index < -0.39 is 10.0 Å². The van der Waals surface area contributed by atoms with Crippen molar-refractivity contribution in [1.29, 1.82) is 0 Å². The van der Waals surface area contributed by atoms with Crippen LogP contribution in [0.5, 0.6) is 5.88 Å². The predicted molar refractivity (Wildman–Crippen MR) is 80.1 cm³/mol. The first-order valence-corrected chi connectivity index (χ1v) is 8.20. The molecule has 0 radical (unpaired) electrons. The van der Waals surface area contributed by atoms with Gasteiger partial charge in [0.05, 0.1) is 12.8 Å². The number of sulfonamides is 1. The van der Waals surface area contributed by atoms with Crippen molar-refractivity contribution in [2.75, 3.05) is 11.8 Å². The summed E-state index contributed by atoms with van der Waals surface area (Å²) in [5, 5.41) is 0. The minimum absolute atomic E-state index is 0.133. The third kappa shape index (κ3) is 2.94. The fraction of sp³-hybridized carbons (Fsp3) is 0.308. The Balaban J connectivity index is 2.38. The Morgan fingerprint density at radius 3 is 2.25 bits per heavy atom. The molecule has 5 nitrogen and oxygen atoms in total. The number of nitrogens with one attached hydrogen (secondary N) is 1. The highest BCUT2D eigenvalue weighted by Crippen LogP contribution is 2.27. The Morgan fingerprint density at radius 1 is 1.15 bits per heavy atom. The largest absolute Gasteiger partial charge is 0.480 e. The van der Waals surface area contributed by atoms with Gasteiger partial charge in [-0.2, -0.15) is 4.37 Å². The molecule has 1 aromatic carbocycles. The van der Waals surface area contributed by atoms with Crippen LogP contribution in [0, 0.1) is 20.8 Å². The van der Waals surface area contributed by atoms with Crippen molar-refractivity contribution in [3.8, 4) is 5.88 Å². The number of benzene rings is 1. The smallest absolute Gasteiger partial charge is 0.273 e. The van der Waals surface area contributed by atoms with Crippen molar-refractivity contribution in [3.63, 3.8) is 0 Å². The number of rotatable bonds is 4. The lowest BCUT2D eigenvalue weighted by atomic mass is 10.1. The molecule has 1 aromatic heterocycles. The van der Waals surface area contributed by atoms with E-state index in [1.54, 1.807) is 0 Å². The Bertz CT molecular complexity index is 713. The molecule has 0 saturated heterocycles. The van der Waals surface area contributed by atoms with Crippen LogP contribution in [0.4, 0.5) is 5.69 Å². The number of hydrogen-bond donors (Lipinski definition) is 1. The molecule has 2 rings (SSSR count). The molecule has 0 bridgehead atoms. The van der Waals surface area contributed by atoms with Gasteiger partial charge in [0.1, 0.15) is 0 Å². The summed E-state index contributed by atoms with van der Waals surface area (Å²) in [6.07, 6.45) is 0. The minimum atomic E-state index is -3.63. The molecule has 0 aliphatic carbocycles. The fourth-order valence-electron chi connectivity index (χ4n) is 1.99. The molecular weight excluding hydrogens is 296 g/mol. The Labute approximate surface area is 122 Å². The second-order valence-electron chi connectivity index (χ2n) is 4.57. The predicted octanol–water partition coefficient (Wildman–Crippen LogP) is 2.88. The van der Waals surface area contributed by atoms with Crippen molar-refractivity contribution in [3.05, 3.63) is 34.9 Å². The van der Waals surface area contributed by atoms with Crippen LogP contribution >= 0.6 is 11.5 Å². The monoisotopic (exact) mass is 312 g/mol. The summed E-state index contributed by atoms with van der Waals surface area (Å²) in [4.78, 5) is 0. The van der Waals surface area contributed by atoms with Crippen molar-refractivity contribution < 1.29 is 13.2 Å². The summed E-state index contributed by atoms with van der Waals surface area (Å²) in [5.74, 6) is 0.299. The molecule has 20 heavy (non-hydrogen) atoms. The lowest BCUT2D eigenvalue weighted by Gasteiger charge is -2.13. The van der Waals surface area contributed by atoms with Crippen molar-refractivity contribution in [2.24, 2.45) is 0 Å². The van der Waals surface area contributed by atoms with Gasteiger partial charge in [0, 0.05) is 6.07 Å². The van der Waals surface area contributed by atoms with Gasteiger partial charge in [-0.15, -0.1) is 0 Å². The van der Waals surface area contributed by atoms with Crippen LogP contribution in [0.2, 0.25) is 0 Å². The van der Waals surface area contributed by atoms with Gasteiger partial charge in [-0.05, 0) is 43.4 Å². The summed E-state index contributed by atoms with van der Waals surface area (Å²) < 4.78 is 36.2. The normalized spacial score (nSPS) is 11.4. The third-order valence-electron chi connectivity index (χ3n) is 2.85. The quantitative estimate of drug-likeness (QED) is 0.942. The van der Waals surface area contributed by atoms with Crippen LogP contribution < -0.4 is 9.46 Å². The number of nitrogens with zero attached hydrogens (tertiary/aromatic N) is 1. The molecule has 0 unspecified atom stereocenters. The molecule has 2 aromatic rings. The van der Waals surface area contributed by atoms with E-state index in [-0.39, 0.29) is 4.21 Å². The van der Waals surface area contributed by atoms with Gasteiger partial charge < -0.3 is 4.74 Å². The molecule has 7 heteroatoms. The zero-order valence-corrected chi connectivity index (χ0v) is 13.4. The average Bonchev–Trinajstić information content (AvgIpc) is 2.83. The summed E-state index contributed by atoms with van der Waals surface area (Å²) in [6, 6.07) is 5.29. The van der Waals surface area contributed by atoms with Crippen LogP contribution in [-0.4, -0.2) is 19.9 Å². The number of aromatic nitrogens is 1. The molecule has 0 fully saturated rings. The first kappa shape index (κ1) is 14.8. The number of hydrogen-bond acceptors (Lipinski definition) is 5. The molecule has 0 saturated carbocycles. The molecule has 1 N–H and O–H groups in total. The lowest BCUT2D eigenvalue weighted by molar-refractivity contribution is 0.402. The van der Waals surface area contributed by atoms with Gasteiger partial charge in [0.15, 0.2) is 4.21 Å². The zero-order valence-electron chi connectivity index (χ0n) is 11.7. The third-order valence-corrected chi connectivity index (χ3v) is 5.43. The second kappa shape index (κ2) is 5.41.